The quantitative estimate of drug-likeness (QED) is 0.741. The molecule has 0 aliphatic heterocycles. The van der Waals surface area contributed by atoms with Crippen molar-refractivity contribution in [2.75, 3.05) is 6.54 Å². The number of imidazole rings is 1. The number of aromatic nitrogens is 2. The van der Waals surface area contributed by atoms with Gasteiger partial charge in [-0.1, -0.05) is 26.8 Å². The lowest BCUT2D eigenvalue weighted by Gasteiger charge is -2.13. The zero-order valence-corrected chi connectivity index (χ0v) is 10.5. The van der Waals surface area contributed by atoms with E-state index in [1.807, 2.05) is 18.2 Å². The largest absolute Gasteiger partial charge is 0.387 e. The van der Waals surface area contributed by atoms with Crippen LogP contribution in [0.4, 0.5) is 0 Å². The molecule has 4 N–H and O–H groups in total. The van der Waals surface area contributed by atoms with Gasteiger partial charge in [0.1, 0.15) is 5.82 Å². The molecule has 4 heteroatoms. The average Bonchev–Trinajstić information content (AvgIpc) is 2.70. The molecule has 2 aromatic rings. The van der Waals surface area contributed by atoms with Gasteiger partial charge in [-0.05, 0) is 17.7 Å². The van der Waals surface area contributed by atoms with Gasteiger partial charge in [0.05, 0.1) is 17.1 Å². The monoisotopic (exact) mass is 233 g/mol. The molecule has 0 spiro atoms. The number of rotatable bonds is 2. The molecule has 1 aromatic heterocycles. The highest BCUT2D eigenvalue weighted by atomic mass is 16.3. The Morgan fingerprint density at radius 2 is 2.12 bits per heavy atom. The van der Waals surface area contributed by atoms with Gasteiger partial charge in [-0.25, -0.2) is 4.98 Å². The van der Waals surface area contributed by atoms with Crippen molar-refractivity contribution in [2.24, 2.45) is 5.73 Å². The minimum absolute atomic E-state index is 0.00827. The van der Waals surface area contributed by atoms with Gasteiger partial charge in [-0.15, -0.1) is 0 Å². The van der Waals surface area contributed by atoms with Crippen LogP contribution < -0.4 is 5.73 Å². The zero-order valence-electron chi connectivity index (χ0n) is 10.5. The van der Waals surface area contributed by atoms with Crippen LogP contribution in [-0.4, -0.2) is 21.6 Å². The Hall–Kier alpha value is -1.39. The summed E-state index contributed by atoms with van der Waals surface area (Å²) in [6, 6.07) is 5.69. The molecular formula is C13H19N3O. The highest BCUT2D eigenvalue weighted by Gasteiger charge is 2.18. The molecule has 1 unspecified atom stereocenters. The molecule has 0 aliphatic rings. The topological polar surface area (TPSA) is 74.9 Å². The van der Waals surface area contributed by atoms with Crippen molar-refractivity contribution in [2.45, 2.75) is 32.3 Å². The van der Waals surface area contributed by atoms with Gasteiger partial charge in [-0.2, -0.15) is 0 Å². The first-order valence-corrected chi connectivity index (χ1v) is 5.80. The van der Waals surface area contributed by atoms with Crippen molar-refractivity contribution >= 4 is 11.0 Å². The number of nitrogens with zero attached hydrogens (tertiary/aromatic N) is 1. The van der Waals surface area contributed by atoms with Crippen LogP contribution in [0.2, 0.25) is 0 Å². The number of nitrogens with one attached hydrogen (secondary N) is 1. The van der Waals surface area contributed by atoms with E-state index in [1.54, 1.807) is 0 Å². The SMILES string of the molecule is CC(C)(C)c1nc2ccc(C(O)CN)cc2[nH]1. The maximum atomic E-state index is 9.70. The molecule has 0 radical (unpaired) electrons. The van der Waals surface area contributed by atoms with Crippen LogP contribution in [0.1, 0.15) is 38.3 Å². The summed E-state index contributed by atoms with van der Waals surface area (Å²) in [5.74, 6) is 0.951. The summed E-state index contributed by atoms with van der Waals surface area (Å²) in [5.41, 5.74) is 8.13. The predicted octanol–water partition coefficient (Wildman–Crippen LogP) is 1.85. The van der Waals surface area contributed by atoms with Crippen molar-refractivity contribution in [1.29, 1.82) is 0 Å². The first-order valence-electron chi connectivity index (χ1n) is 5.80. The van der Waals surface area contributed by atoms with Gasteiger partial charge in [0.25, 0.3) is 0 Å². The van der Waals surface area contributed by atoms with Gasteiger partial charge < -0.3 is 15.8 Å². The number of fused-ring (bicyclic) bond motifs is 1. The van der Waals surface area contributed by atoms with Crippen molar-refractivity contribution in [3.63, 3.8) is 0 Å². The fourth-order valence-corrected chi connectivity index (χ4v) is 1.73. The number of hydrogen-bond acceptors (Lipinski definition) is 3. The Kier molecular flexibility index (Phi) is 2.93. The van der Waals surface area contributed by atoms with E-state index in [2.05, 4.69) is 30.7 Å². The number of aromatic amines is 1. The van der Waals surface area contributed by atoms with E-state index >= 15 is 0 Å². The molecular weight excluding hydrogens is 214 g/mol. The second-order valence-corrected chi connectivity index (χ2v) is 5.36. The summed E-state index contributed by atoms with van der Waals surface area (Å²) in [6.07, 6.45) is -0.610. The van der Waals surface area contributed by atoms with Crippen molar-refractivity contribution in [3.05, 3.63) is 29.6 Å². The minimum Gasteiger partial charge on any atom is -0.387 e. The minimum atomic E-state index is -0.610. The maximum Gasteiger partial charge on any atom is 0.112 e. The number of H-pyrrole nitrogens is 1. The summed E-state index contributed by atoms with van der Waals surface area (Å²) in [4.78, 5) is 7.83. The van der Waals surface area contributed by atoms with E-state index in [-0.39, 0.29) is 12.0 Å². The highest BCUT2D eigenvalue weighted by molar-refractivity contribution is 5.76. The Morgan fingerprint density at radius 1 is 1.41 bits per heavy atom. The van der Waals surface area contributed by atoms with Crippen LogP contribution in [-0.2, 0) is 5.41 Å². The highest BCUT2D eigenvalue weighted by Crippen LogP contribution is 2.24. The molecule has 17 heavy (non-hydrogen) atoms. The third-order valence-electron chi connectivity index (χ3n) is 2.82. The van der Waals surface area contributed by atoms with E-state index < -0.39 is 6.10 Å². The van der Waals surface area contributed by atoms with E-state index in [4.69, 9.17) is 5.73 Å². The van der Waals surface area contributed by atoms with Crippen LogP contribution in [0.25, 0.3) is 11.0 Å². The summed E-state index contributed by atoms with van der Waals surface area (Å²) in [5, 5.41) is 9.70. The van der Waals surface area contributed by atoms with E-state index in [9.17, 15) is 5.11 Å². The van der Waals surface area contributed by atoms with Crippen LogP contribution in [0.5, 0.6) is 0 Å². The molecule has 0 fully saturated rings. The summed E-state index contributed by atoms with van der Waals surface area (Å²) >= 11 is 0. The first kappa shape index (κ1) is 12.1. The first-order chi connectivity index (χ1) is 7.91. The van der Waals surface area contributed by atoms with E-state index in [0.717, 1.165) is 22.4 Å². The van der Waals surface area contributed by atoms with Crippen LogP contribution in [0.15, 0.2) is 18.2 Å². The summed E-state index contributed by atoms with van der Waals surface area (Å²) < 4.78 is 0. The second kappa shape index (κ2) is 4.13. The summed E-state index contributed by atoms with van der Waals surface area (Å²) in [7, 11) is 0. The van der Waals surface area contributed by atoms with Gasteiger partial charge >= 0.3 is 0 Å². The smallest absolute Gasteiger partial charge is 0.112 e. The van der Waals surface area contributed by atoms with Crippen LogP contribution in [0.3, 0.4) is 0 Å². The zero-order chi connectivity index (χ0) is 12.6. The number of aliphatic hydroxyl groups excluding tert-OH is 1. The Balaban J connectivity index is 2.48. The van der Waals surface area contributed by atoms with Crippen molar-refractivity contribution in [1.82, 2.24) is 9.97 Å². The molecule has 1 heterocycles. The fourth-order valence-electron chi connectivity index (χ4n) is 1.73. The molecule has 0 amide bonds. The van der Waals surface area contributed by atoms with Crippen molar-refractivity contribution in [3.8, 4) is 0 Å². The number of benzene rings is 1. The molecule has 2 rings (SSSR count). The lowest BCUT2D eigenvalue weighted by molar-refractivity contribution is 0.187. The second-order valence-electron chi connectivity index (χ2n) is 5.36. The van der Waals surface area contributed by atoms with Gasteiger partial charge in [0.2, 0.25) is 0 Å². The average molecular weight is 233 g/mol. The fraction of sp³-hybridized carbons (Fsp3) is 0.462. The Labute approximate surface area is 101 Å². The third-order valence-corrected chi connectivity index (χ3v) is 2.82. The lowest BCUT2D eigenvalue weighted by atomic mass is 9.96. The molecule has 0 saturated heterocycles. The maximum absolute atomic E-state index is 9.70. The number of aliphatic hydroxyl groups is 1. The molecule has 0 bridgehead atoms. The molecule has 1 aromatic carbocycles. The lowest BCUT2D eigenvalue weighted by Crippen LogP contribution is -2.13. The van der Waals surface area contributed by atoms with Crippen molar-refractivity contribution < 1.29 is 5.11 Å². The number of hydrogen-bond donors (Lipinski definition) is 3. The van der Waals surface area contributed by atoms with Crippen LogP contribution >= 0.6 is 0 Å². The molecule has 92 valence electrons. The molecule has 0 aliphatic carbocycles. The predicted molar refractivity (Wildman–Crippen MR) is 68.8 cm³/mol. The van der Waals surface area contributed by atoms with E-state index in [1.165, 1.54) is 0 Å². The van der Waals surface area contributed by atoms with Gasteiger partial charge in [-0.3, -0.25) is 0 Å². The van der Waals surface area contributed by atoms with Gasteiger partial charge in [0, 0.05) is 12.0 Å². The molecule has 1 atom stereocenters. The molecule has 4 nitrogen and oxygen atoms in total. The van der Waals surface area contributed by atoms with E-state index in [0.29, 0.717) is 0 Å². The Bertz CT molecular complexity index is 525. The van der Waals surface area contributed by atoms with Gasteiger partial charge in [0.15, 0.2) is 0 Å². The Morgan fingerprint density at radius 3 is 2.71 bits per heavy atom. The molecule has 0 saturated carbocycles. The standard InChI is InChI=1S/C13H19N3O/c1-13(2,3)12-15-9-5-4-8(11(17)7-14)6-10(9)16-12/h4-6,11,17H,7,14H2,1-3H3,(H,15,16). The summed E-state index contributed by atoms with van der Waals surface area (Å²) in [6.45, 7) is 6.56. The van der Waals surface area contributed by atoms with Crippen LogP contribution in [0, 0.1) is 0 Å². The third kappa shape index (κ3) is 2.33. The number of nitrogens with two attached hydrogens (primary N) is 1. The normalized spacial score (nSPS) is 14.2.